The first-order valence-electron chi connectivity index (χ1n) is 11.0. The fraction of sp³-hybridized carbons (Fsp3) is 0.304. The van der Waals surface area contributed by atoms with Gasteiger partial charge in [0.05, 0.1) is 27.5 Å². The average Bonchev–Trinajstić information content (AvgIpc) is 3.41. The van der Waals surface area contributed by atoms with Crippen LogP contribution in [0.15, 0.2) is 41.6 Å². The number of hydrogen-bond acceptors (Lipinski definition) is 8. The summed E-state index contributed by atoms with van der Waals surface area (Å²) >= 11 is 6.50. The molecule has 1 aromatic carbocycles. The molecule has 5 rings (SSSR count). The Bertz CT molecular complexity index is 1520. The normalized spacial score (nSPS) is 13.7. The Kier molecular flexibility index (Phi) is 5.76. The van der Waals surface area contributed by atoms with Crippen LogP contribution in [0.3, 0.4) is 0 Å². The van der Waals surface area contributed by atoms with Gasteiger partial charge in [0.25, 0.3) is 0 Å². The number of aromatic amines is 1. The van der Waals surface area contributed by atoms with Gasteiger partial charge in [0.15, 0.2) is 15.7 Å². The molecule has 2 N–H and O–H groups in total. The molecule has 0 atom stereocenters. The highest BCUT2D eigenvalue weighted by Gasteiger charge is 2.33. The van der Waals surface area contributed by atoms with Crippen molar-refractivity contribution in [2.24, 2.45) is 7.05 Å². The number of nitrogens with one attached hydrogen (secondary N) is 2. The fourth-order valence-corrected chi connectivity index (χ4v) is 4.95. The summed E-state index contributed by atoms with van der Waals surface area (Å²) in [7, 11) is 0.275. The van der Waals surface area contributed by atoms with Crippen LogP contribution < -0.4 is 10.2 Å². The minimum absolute atomic E-state index is 0.150. The Balaban J connectivity index is 1.65. The van der Waals surface area contributed by atoms with Crippen molar-refractivity contribution < 1.29 is 8.42 Å². The van der Waals surface area contributed by atoms with E-state index in [0.29, 0.717) is 29.2 Å². The van der Waals surface area contributed by atoms with Crippen LogP contribution in [-0.2, 0) is 16.9 Å². The molecule has 0 radical (unpaired) electrons. The zero-order valence-electron chi connectivity index (χ0n) is 19.7. The molecule has 0 aliphatic heterocycles. The van der Waals surface area contributed by atoms with E-state index in [4.69, 9.17) is 21.6 Å². The smallest absolute Gasteiger partial charge is 0.232 e. The average molecular weight is 513 g/mol. The van der Waals surface area contributed by atoms with Crippen LogP contribution in [0.2, 0.25) is 5.02 Å². The van der Waals surface area contributed by atoms with Crippen LogP contribution in [-0.4, -0.2) is 51.7 Å². The molecule has 1 aliphatic rings. The summed E-state index contributed by atoms with van der Waals surface area (Å²) < 4.78 is 25.6. The summed E-state index contributed by atoms with van der Waals surface area (Å²) in [5.41, 5.74) is 4.20. The molecule has 0 unspecified atom stereocenters. The first-order valence-corrected chi connectivity index (χ1v) is 13.3. The second-order valence-corrected chi connectivity index (χ2v) is 11.2. The lowest BCUT2D eigenvalue weighted by molar-refractivity contribution is 0.602. The van der Waals surface area contributed by atoms with Crippen molar-refractivity contribution in [2.75, 3.05) is 23.5 Å². The van der Waals surface area contributed by atoms with Crippen LogP contribution in [0.5, 0.6) is 0 Å². The van der Waals surface area contributed by atoms with Crippen molar-refractivity contribution in [1.82, 2.24) is 29.9 Å². The molecule has 1 aliphatic carbocycles. The van der Waals surface area contributed by atoms with E-state index >= 15 is 0 Å². The van der Waals surface area contributed by atoms with E-state index in [2.05, 4.69) is 20.6 Å². The van der Waals surface area contributed by atoms with Gasteiger partial charge in [-0.2, -0.15) is 15.2 Å². The van der Waals surface area contributed by atoms with E-state index in [1.807, 2.05) is 26.2 Å². The highest BCUT2D eigenvalue weighted by atomic mass is 35.5. The Hall–Kier alpha value is -3.44. The number of rotatable bonds is 7. The Morgan fingerprint density at radius 3 is 2.57 bits per heavy atom. The molecule has 0 saturated heterocycles. The molecule has 4 aromatic rings. The van der Waals surface area contributed by atoms with E-state index in [1.165, 1.54) is 12.1 Å². The molecule has 3 heterocycles. The SMILES string of the molecule is Cc1cc(Nc2nc(N(C)c3ccc(S(C)(=O)=O)cc3Cl)nc(-c3cnn(C)c3)c2C2CC2)n[nH]1. The van der Waals surface area contributed by atoms with Gasteiger partial charge in [-0.05, 0) is 43.9 Å². The van der Waals surface area contributed by atoms with Crippen LogP contribution in [0.25, 0.3) is 11.3 Å². The molecule has 35 heavy (non-hydrogen) atoms. The van der Waals surface area contributed by atoms with E-state index in [9.17, 15) is 8.42 Å². The molecule has 0 spiro atoms. The van der Waals surface area contributed by atoms with Gasteiger partial charge in [0.2, 0.25) is 5.95 Å². The monoisotopic (exact) mass is 512 g/mol. The maximum absolute atomic E-state index is 11.9. The Morgan fingerprint density at radius 1 is 1.23 bits per heavy atom. The van der Waals surface area contributed by atoms with Gasteiger partial charge in [-0.15, -0.1) is 0 Å². The first-order chi connectivity index (χ1) is 16.6. The van der Waals surface area contributed by atoms with Gasteiger partial charge in [-0.25, -0.2) is 13.4 Å². The van der Waals surface area contributed by atoms with Crippen LogP contribution in [0.1, 0.15) is 30.0 Å². The van der Waals surface area contributed by atoms with Crippen molar-refractivity contribution in [3.8, 4) is 11.3 Å². The predicted octanol–water partition coefficient (Wildman–Crippen LogP) is 4.35. The summed E-state index contributed by atoms with van der Waals surface area (Å²) in [5, 5.41) is 15.2. The van der Waals surface area contributed by atoms with Gasteiger partial charge >= 0.3 is 0 Å². The highest BCUT2D eigenvalue weighted by molar-refractivity contribution is 7.90. The first kappa shape index (κ1) is 23.3. The number of anilines is 4. The Morgan fingerprint density at radius 2 is 2.00 bits per heavy atom. The van der Waals surface area contributed by atoms with Crippen LogP contribution >= 0.6 is 11.6 Å². The summed E-state index contributed by atoms with van der Waals surface area (Å²) in [6, 6.07) is 6.53. The standard InChI is InChI=1S/C23H25ClN8O2S/c1-13-9-19(30-29-13)26-22-20(14-5-6-14)21(15-11-25-31(2)12-15)27-23(28-22)32(3)18-8-7-16(10-17(18)24)35(4,33)34/h7-12,14H,5-6H2,1-4H3,(H2,26,27,28,29,30). The number of nitrogens with zero attached hydrogens (tertiary/aromatic N) is 6. The Labute approximate surface area is 208 Å². The third kappa shape index (κ3) is 4.73. The zero-order chi connectivity index (χ0) is 24.9. The van der Waals surface area contributed by atoms with E-state index in [0.717, 1.165) is 41.6 Å². The van der Waals surface area contributed by atoms with E-state index in [1.54, 1.807) is 28.9 Å². The van der Waals surface area contributed by atoms with Crippen molar-refractivity contribution in [2.45, 2.75) is 30.6 Å². The van der Waals surface area contributed by atoms with Crippen molar-refractivity contribution in [3.05, 3.63) is 52.9 Å². The van der Waals surface area contributed by atoms with Gasteiger partial charge in [-0.3, -0.25) is 9.78 Å². The number of sulfone groups is 1. The lowest BCUT2D eigenvalue weighted by atomic mass is 10.1. The second kappa shape index (κ2) is 8.65. The van der Waals surface area contributed by atoms with Crippen molar-refractivity contribution in [1.29, 1.82) is 0 Å². The van der Waals surface area contributed by atoms with Crippen LogP contribution in [0, 0.1) is 6.92 Å². The minimum atomic E-state index is -3.38. The lowest BCUT2D eigenvalue weighted by Gasteiger charge is -2.22. The fourth-order valence-electron chi connectivity index (χ4n) is 3.93. The van der Waals surface area contributed by atoms with Crippen molar-refractivity contribution in [3.63, 3.8) is 0 Å². The molecule has 1 fully saturated rings. The lowest BCUT2D eigenvalue weighted by Crippen LogP contribution is -2.16. The summed E-state index contributed by atoms with van der Waals surface area (Å²) in [5.74, 6) is 2.06. The molecule has 182 valence electrons. The summed E-state index contributed by atoms with van der Waals surface area (Å²) in [6.07, 6.45) is 6.97. The largest absolute Gasteiger partial charge is 0.323 e. The number of H-pyrrole nitrogens is 1. The molecule has 0 amide bonds. The quantitative estimate of drug-likeness (QED) is 0.374. The molecule has 3 aromatic heterocycles. The highest BCUT2D eigenvalue weighted by Crippen LogP contribution is 2.48. The number of halogens is 1. The number of hydrogen-bond donors (Lipinski definition) is 2. The number of benzene rings is 1. The molecule has 10 nitrogen and oxygen atoms in total. The predicted molar refractivity (Wildman–Crippen MR) is 135 cm³/mol. The molecule has 1 saturated carbocycles. The van der Waals surface area contributed by atoms with E-state index in [-0.39, 0.29) is 9.92 Å². The molecular weight excluding hydrogens is 488 g/mol. The van der Waals surface area contributed by atoms with E-state index < -0.39 is 9.84 Å². The number of aromatic nitrogens is 6. The second-order valence-electron chi connectivity index (χ2n) is 8.82. The van der Waals surface area contributed by atoms with Gasteiger partial charge in [0.1, 0.15) is 5.82 Å². The topological polar surface area (TPSA) is 122 Å². The molecule has 0 bridgehead atoms. The van der Waals surface area contributed by atoms with Crippen molar-refractivity contribution >= 4 is 44.7 Å². The molecule has 12 heteroatoms. The third-order valence-corrected chi connectivity index (χ3v) is 7.27. The summed E-state index contributed by atoms with van der Waals surface area (Å²) in [6.45, 7) is 1.93. The third-order valence-electron chi connectivity index (χ3n) is 5.86. The van der Waals surface area contributed by atoms with Crippen LogP contribution in [0.4, 0.5) is 23.3 Å². The maximum atomic E-state index is 11.9. The molecular formula is C23H25ClN8O2S. The number of aryl methyl sites for hydroxylation is 2. The zero-order valence-corrected chi connectivity index (χ0v) is 21.3. The van der Waals surface area contributed by atoms with Gasteiger partial charge in [-0.1, -0.05) is 11.6 Å². The minimum Gasteiger partial charge on any atom is -0.323 e. The maximum Gasteiger partial charge on any atom is 0.232 e. The summed E-state index contributed by atoms with van der Waals surface area (Å²) in [4.78, 5) is 11.7. The van der Waals surface area contributed by atoms with Gasteiger partial charge < -0.3 is 10.2 Å². The van der Waals surface area contributed by atoms with Gasteiger partial charge in [0, 0.05) is 49.4 Å².